The van der Waals surface area contributed by atoms with Crippen molar-refractivity contribution in [2.24, 2.45) is 0 Å². The zero-order valence-corrected chi connectivity index (χ0v) is 31.8. The van der Waals surface area contributed by atoms with Gasteiger partial charge in [0.05, 0.1) is 22.4 Å². The first kappa shape index (κ1) is 33.6. The van der Waals surface area contributed by atoms with E-state index < -0.39 is 0 Å². The lowest BCUT2D eigenvalue weighted by molar-refractivity contribution is 1.18. The largest absolute Gasteiger partial charge is 0.310 e. The van der Waals surface area contributed by atoms with Crippen LogP contribution in [0.2, 0.25) is 0 Å². The first-order valence-corrected chi connectivity index (χ1v) is 19.9. The van der Waals surface area contributed by atoms with Crippen LogP contribution in [0.3, 0.4) is 0 Å². The smallest absolute Gasteiger partial charge is 0.0541 e. The molecule has 0 bridgehead atoms. The summed E-state index contributed by atoms with van der Waals surface area (Å²) < 4.78 is 2.43. The Bertz CT molecular complexity index is 3220. The highest BCUT2D eigenvalue weighted by Gasteiger charge is 2.20. The summed E-state index contributed by atoms with van der Waals surface area (Å²) >= 11 is 0. The molecule has 0 aliphatic carbocycles. The molecular formula is C56H38N2. The number of fused-ring (bicyclic) bond motifs is 5. The number of hydrogen-bond acceptors (Lipinski definition) is 1. The molecule has 11 rings (SSSR count). The van der Waals surface area contributed by atoms with E-state index in [9.17, 15) is 0 Å². The molecule has 0 fully saturated rings. The van der Waals surface area contributed by atoms with Crippen LogP contribution in [0.4, 0.5) is 17.1 Å². The van der Waals surface area contributed by atoms with Crippen LogP contribution >= 0.6 is 0 Å². The number of nitrogens with zero attached hydrogens (tertiary/aromatic N) is 2. The van der Waals surface area contributed by atoms with Gasteiger partial charge in [0.1, 0.15) is 0 Å². The van der Waals surface area contributed by atoms with Crippen LogP contribution in [0.1, 0.15) is 0 Å². The summed E-state index contributed by atoms with van der Waals surface area (Å²) in [5, 5.41) is 7.42. The standard InChI is InChI=1S/C56H38N2/c1-3-17-39(18-4-1)43-35-36-44(46-22-8-7-21-45(43)46)40-31-33-42(34-32-40)57(41-19-5-2-6-20-41)56-38-37-48(47-23-9-10-24-49(47)56)50-25-11-14-28-53(50)58-54-29-15-12-26-51(54)52-27-13-16-30-55(52)58/h1-38H. The number of hydrogen-bond donors (Lipinski definition) is 0. The van der Waals surface area contributed by atoms with Crippen LogP contribution < -0.4 is 4.90 Å². The summed E-state index contributed by atoms with van der Waals surface area (Å²) in [4.78, 5) is 2.39. The maximum atomic E-state index is 2.43. The van der Waals surface area contributed by atoms with Gasteiger partial charge in [-0.15, -0.1) is 0 Å². The first-order chi connectivity index (χ1) is 28.8. The minimum atomic E-state index is 1.10. The second-order valence-electron chi connectivity index (χ2n) is 14.9. The van der Waals surface area contributed by atoms with E-state index in [1.807, 2.05) is 0 Å². The van der Waals surface area contributed by atoms with E-state index in [1.54, 1.807) is 0 Å². The predicted octanol–water partition coefficient (Wildman–Crippen LogP) is 15.6. The van der Waals surface area contributed by atoms with Crippen LogP contribution in [-0.2, 0) is 0 Å². The van der Waals surface area contributed by atoms with Crippen LogP contribution in [0.15, 0.2) is 231 Å². The number of aromatic nitrogens is 1. The fraction of sp³-hybridized carbons (Fsp3) is 0. The van der Waals surface area contributed by atoms with Gasteiger partial charge in [-0.2, -0.15) is 0 Å². The Morgan fingerprint density at radius 2 is 0.690 bits per heavy atom. The van der Waals surface area contributed by atoms with Crippen molar-refractivity contribution in [2.45, 2.75) is 0 Å². The third kappa shape index (κ3) is 5.57. The molecule has 0 aliphatic heterocycles. The van der Waals surface area contributed by atoms with Gasteiger partial charge in [0, 0.05) is 33.1 Å². The lowest BCUT2D eigenvalue weighted by atomic mass is 9.92. The Kier molecular flexibility index (Phi) is 8.19. The average Bonchev–Trinajstić information content (AvgIpc) is 3.64. The van der Waals surface area contributed by atoms with Crippen molar-refractivity contribution < 1.29 is 0 Å². The molecule has 58 heavy (non-hydrogen) atoms. The van der Waals surface area contributed by atoms with E-state index in [1.165, 1.54) is 76.7 Å². The topological polar surface area (TPSA) is 8.17 Å². The number of anilines is 3. The molecule has 0 atom stereocenters. The number of rotatable bonds is 7. The van der Waals surface area contributed by atoms with Crippen molar-refractivity contribution in [1.29, 1.82) is 0 Å². The molecule has 0 spiro atoms. The quantitative estimate of drug-likeness (QED) is 0.158. The van der Waals surface area contributed by atoms with Crippen LogP contribution in [-0.4, -0.2) is 4.57 Å². The van der Waals surface area contributed by atoms with Gasteiger partial charge in [-0.25, -0.2) is 0 Å². The Balaban J connectivity index is 1.05. The third-order valence-electron chi connectivity index (χ3n) is 11.6. The van der Waals surface area contributed by atoms with Gasteiger partial charge in [0.15, 0.2) is 0 Å². The van der Waals surface area contributed by atoms with Gasteiger partial charge in [-0.1, -0.05) is 182 Å². The molecule has 0 aliphatic rings. The highest BCUT2D eigenvalue weighted by atomic mass is 15.1. The Hall–Kier alpha value is -7.68. The highest BCUT2D eigenvalue weighted by Crippen LogP contribution is 2.45. The monoisotopic (exact) mass is 738 g/mol. The molecule has 0 N–H and O–H groups in total. The van der Waals surface area contributed by atoms with E-state index in [2.05, 4.69) is 240 Å². The first-order valence-electron chi connectivity index (χ1n) is 19.9. The zero-order chi connectivity index (χ0) is 38.4. The summed E-state index contributed by atoms with van der Waals surface area (Å²) in [6.07, 6.45) is 0. The molecule has 2 heteroatoms. The summed E-state index contributed by atoms with van der Waals surface area (Å²) in [5.41, 5.74) is 14.2. The second-order valence-corrected chi connectivity index (χ2v) is 14.9. The van der Waals surface area contributed by atoms with Gasteiger partial charge >= 0.3 is 0 Å². The number of para-hydroxylation sites is 4. The van der Waals surface area contributed by atoms with Gasteiger partial charge in [-0.3, -0.25) is 0 Å². The molecule has 1 aromatic heterocycles. The van der Waals surface area contributed by atoms with E-state index in [4.69, 9.17) is 0 Å². The van der Waals surface area contributed by atoms with E-state index >= 15 is 0 Å². The van der Waals surface area contributed by atoms with E-state index in [-0.39, 0.29) is 0 Å². The fourth-order valence-electron chi connectivity index (χ4n) is 9.01. The predicted molar refractivity (Wildman–Crippen MR) is 247 cm³/mol. The molecule has 10 aromatic carbocycles. The summed E-state index contributed by atoms with van der Waals surface area (Å²) in [6, 6.07) is 83.6. The van der Waals surface area contributed by atoms with Crippen LogP contribution in [0, 0.1) is 0 Å². The van der Waals surface area contributed by atoms with E-state index in [0.717, 1.165) is 22.7 Å². The summed E-state index contributed by atoms with van der Waals surface area (Å²) in [6.45, 7) is 0. The van der Waals surface area contributed by atoms with Crippen LogP contribution in [0.5, 0.6) is 0 Å². The van der Waals surface area contributed by atoms with Crippen molar-refractivity contribution in [1.82, 2.24) is 4.57 Å². The van der Waals surface area contributed by atoms with Crippen molar-refractivity contribution in [3.05, 3.63) is 231 Å². The lowest BCUT2D eigenvalue weighted by Gasteiger charge is -2.28. The van der Waals surface area contributed by atoms with Crippen molar-refractivity contribution >= 4 is 60.4 Å². The van der Waals surface area contributed by atoms with Gasteiger partial charge in [0.25, 0.3) is 0 Å². The third-order valence-corrected chi connectivity index (χ3v) is 11.6. The average molecular weight is 739 g/mol. The van der Waals surface area contributed by atoms with Gasteiger partial charge in [-0.05, 0) is 92.5 Å². The van der Waals surface area contributed by atoms with Crippen molar-refractivity contribution in [3.63, 3.8) is 0 Å². The van der Waals surface area contributed by atoms with Crippen molar-refractivity contribution in [3.8, 4) is 39.1 Å². The zero-order valence-electron chi connectivity index (χ0n) is 31.8. The molecule has 11 aromatic rings. The van der Waals surface area contributed by atoms with E-state index in [0.29, 0.717) is 0 Å². The molecule has 272 valence electrons. The lowest BCUT2D eigenvalue weighted by Crippen LogP contribution is -2.10. The Labute approximate surface area is 338 Å². The highest BCUT2D eigenvalue weighted by molar-refractivity contribution is 6.12. The minimum Gasteiger partial charge on any atom is -0.310 e. The van der Waals surface area contributed by atoms with Crippen LogP contribution in [0.25, 0.3) is 82.4 Å². The maximum absolute atomic E-state index is 2.43. The van der Waals surface area contributed by atoms with Gasteiger partial charge in [0.2, 0.25) is 0 Å². The molecule has 2 nitrogen and oxygen atoms in total. The Morgan fingerprint density at radius 3 is 1.31 bits per heavy atom. The number of benzene rings is 10. The fourth-order valence-corrected chi connectivity index (χ4v) is 9.01. The molecular weight excluding hydrogens is 701 g/mol. The second kappa shape index (κ2) is 14.1. The molecule has 1 heterocycles. The molecule has 0 saturated heterocycles. The minimum absolute atomic E-state index is 1.10. The molecule has 0 radical (unpaired) electrons. The van der Waals surface area contributed by atoms with Crippen molar-refractivity contribution in [2.75, 3.05) is 4.90 Å². The Morgan fingerprint density at radius 1 is 0.259 bits per heavy atom. The molecule has 0 unspecified atom stereocenters. The normalized spacial score (nSPS) is 11.4. The summed E-state index contributed by atoms with van der Waals surface area (Å²) in [5.74, 6) is 0. The molecule has 0 saturated carbocycles. The molecule has 0 amide bonds. The maximum Gasteiger partial charge on any atom is 0.0541 e. The summed E-state index contributed by atoms with van der Waals surface area (Å²) in [7, 11) is 0. The SMILES string of the molecule is c1ccc(-c2ccc(-c3ccc(N(c4ccccc4)c4ccc(-c5ccccc5-n5c6ccccc6c6ccccc65)c5ccccc45)cc3)c3ccccc23)cc1. The van der Waals surface area contributed by atoms with Gasteiger partial charge < -0.3 is 9.47 Å².